The van der Waals surface area contributed by atoms with E-state index in [9.17, 15) is 20.2 Å². The molecule has 11 nitrogen and oxygen atoms in total. The summed E-state index contributed by atoms with van der Waals surface area (Å²) in [5.41, 5.74) is 0.585. The lowest BCUT2D eigenvalue weighted by Gasteiger charge is -2.08. The molecular weight excluding hydrogens is 366 g/mol. The molecule has 0 aliphatic heterocycles. The van der Waals surface area contributed by atoms with Crippen molar-refractivity contribution in [2.45, 2.75) is 0 Å². The first kappa shape index (κ1) is 18.6. The molecule has 28 heavy (non-hydrogen) atoms. The van der Waals surface area contributed by atoms with Crippen molar-refractivity contribution in [2.75, 3.05) is 23.7 Å². The summed E-state index contributed by atoms with van der Waals surface area (Å²) in [6, 6.07) is 11.7. The minimum absolute atomic E-state index is 0.0867. The average molecular weight is 381 g/mol. The Balaban J connectivity index is 1.63. The lowest BCUT2D eigenvalue weighted by molar-refractivity contribution is -0.385. The van der Waals surface area contributed by atoms with Gasteiger partial charge in [0.15, 0.2) is 5.69 Å². The second kappa shape index (κ2) is 8.49. The van der Waals surface area contributed by atoms with Crippen LogP contribution in [-0.2, 0) is 0 Å². The van der Waals surface area contributed by atoms with Crippen LogP contribution in [0.1, 0.15) is 0 Å². The Bertz CT molecular complexity index is 981. The lowest BCUT2D eigenvalue weighted by atomic mass is 10.1. The molecule has 0 unspecified atom stereocenters. The molecule has 3 rings (SSSR count). The number of nitro groups is 2. The molecule has 0 amide bonds. The van der Waals surface area contributed by atoms with Gasteiger partial charge in [0.1, 0.15) is 18.2 Å². The van der Waals surface area contributed by atoms with Crippen LogP contribution in [0.4, 0.5) is 23.1 Å². The van der Waals surface area contributed by atoms with Crippen molar-refractivity contribution < 1.29 is 9.85 Å². The molecule has 0 aliphatic rings. The normalized spacial score (nSPS) is 10.3. The van der Waals surface area contributed by atoms with Gasteiger partial charge in [-0.25, -0.2) is 15.0 Å². The molecule has 0 radical (unpaired) electrons. The topological polar surface area (TPSA) is 149 Å². The molecule has 2 heterocycles. The molecule has 0 bridgehead atoms. The summed E-state index contributed by atoms with van der Waals surface area (Å²) in [5, 5.41) is 27.8. The minimum atomic E-state index is -0.520. The number of anilines is 2. The maximum Gasteiger partial charge on any atom is 0.313 e. The summed E-state index contributed by atoms with van der Waals surface area (Å²) in [6.45, 7) is 0.844. The molecule has 2 aromatic heterocycles. The van der Waals surface area contributed by atoms with E-state index < -0.39 is 9.85 Å². The van der Waals surface area contributed by atoms with Gasteiger partial charge in [0, 0.05) is 24.7 Å². The van der Waals surface area contributed by atoms with Gasteiger partial charge in [0.25, 0.3) is 5.69 Å². The van der Waals surface area contributed by atoms with E-state index in [0.29, 0.717) is 24.5 Å². The van der Waals surface area contributed by atoms with Crippen molar-refractivity contribution in [3.8, 4) is 11.3 Å². The summed E-state index contributed by atoms with van der Waals surface area (Å²) < 4.78 is 0. The number of nitrogens with zero attached hydrogens (tertiary/aromatic N) is 5. The summed E-state index contributed by atoms with van der Waals surface area (Å²) in [5.74, 6) is 0.741. The maximum absolute atomic E-state index is 11.2. The van der Waals surface area contributed by atoms with Crippen LogP contribution < -0.4 is 10.6 Å². The van der Waals surface area contributed by atoms with Gasteiger partial charge in [-0.1, -0.05) is 30.3 Å². The largest absolute Gasteiger partial charge is 0.368 e. The fourth-order valence-corrected chi connectivity index (χ4v) is 2.37. The molecule has 0 saturated carbocycles. The second-order valence-electron chi connectivity index (χ2n) is 5.56. The van der Waals surface area contributed by atoms with Gasteiger partial charge in [-0.3, -0.25) is 20.2 Å². The Hall–Kier alpha value is -4.15. The van der Waals surface area contributed by atoms with Crippen LogP contribution in [0.25, 0.3) is 11.3 Å². The number of rotatable bonds is 8. The smallest absolute Gasteiger partial charge is 0.313 e. The zero-order valence-electron chi connectivity index (χ0n) is 14.5. The quantitative estimate of drug-likeness (QED) is 0.341. The molecule has 11 heteroatoms. The van der Waals surface area contributed by atoms with Crippen LogP contribution >= 0.6 is 0 Å². The third-order valence-corrected chi connectivity index (χ3v) is 3.69. The van der Waals surface area contributed by atoms with Crippen molar-refractivity contribution in [2.24, 2.45) is 0 Å². The van der Waals surface area contributed by atoms with Crippen LogP contribution in [0.5, 0.6) is 0 Å². The molecule has 0 spiro atoms. The van der Waals surface area contributed by atoms with Crippen LogP contribution in [0, 0.1) is 20.2 Å². The van der Waals surface area contributed by atoms with E-state index in [1.54, 1.807) is 24.3 Å². The number of hydrogen-bond acceptors (Lipinski definition) is 9. The van der Waals surface area contributed by atoms with Gasteiger partial charge < -0.3 is 10.6 Å². The second-order valence-corrected chi connectivity index (χ2v) is 5.56. The fourth-order valence-electron chi connectivity index (χ4n) is 2.37. The number of aromatic nitrogens is 3. The van der Waals surface area contributed by atoms with Gasteiger partial charge in [-0.15, -0.1) is 0 Å². The van der Waals surface area contributed by atoms with E-state index in [-0.39, 0.29) is 23.0 Å². The number of pyridine rings is 1. The zero-order chi connectivity index (χ0) is 19.9. The van der Waals surface area contributed by atoms with E-state index in [1.807, 2.05) is 6.07 Å². The van der Waals surface area contributed by atoms with Crippen LogP contribution in [0.2, 0.25) is 0 Å². The highest BCUT2D eigenvalue weighted by molar-refractivity contribution is 5.69. The van der Waals surface area contributed by atoms with Crippen molar-refractivity contribution in [3.05, 3.63) is 75.1 Å². The molecule has 3 aromatic rings. The SMILES string of the molecule is O=[N+]([O-])c1ccc(NCCNc2ncc([N+](=O)[O-])c(-c3ccccc3)n2)nc1. The van der Waals surface area contributed by atoms with E-state index in [4.69, 9.17) is 0 Å². The summed E-state index contributed by atoms with van der Waals surface area (Å²) in [4.78, 5) is 33.0. The molecule has 0 fully saturated rings. The van der Waals surface area contributed by atoms with Crippen LogP contribution in [0.15, 0.2) is 54.9 Å². The minimum Gasteiger partial charge on any atom is -0.368 e. The lowest BCUT2D eigenvalue weighted by Crippen LogP contribution is -2.16. The van der Waals surface area contributed by atoms with Crippen molar-refractivity contribution in [1.29, 1.82) is 0 Å². The predicted octanol–water partition coefficient (Wildman–Crippen LogP) is 2.88. The number of hydrogen-bond donors (Lipinski definition) is 2. The number of benzene rings is 1. The van der Waals surface area contributed by atoms with Gasteiger partial charge >= 0.3 is 5.69 Å². The molecule has 1 aromatic carbocycles. The first-order valence-corrected chi connectivity index (χ1v) is 8.19. The Labute approximate surface area is 158 Å². The van der Waals surface area contributed by atoms with E-state index in [0.717, 1.165) is 0 Å². The van der Waals surface area contributed by atoms with E-state index >= 15 is 0 Å². The molecule has 0 atom stereocenters. The van der Waals surface area contributed by atoms with Crippen molar-refractivity contribution in [3.63, 3.8) is 0 Å². The monoisotopic (exact) mass is 381 g/mol. The van der Waals surface area contributed by atoms with Gasteiger partial charge in [0.05, 0.1) is 9.85 Å². The Morgan fingerprint density at radius 2 is 1.61 bits per heavy atom. The Kier molecular flexibility index (Phi) is 5.65. The predicted molar refractivity (Wildman–Crippen MR) is 102 cm³/mol. The summed E-state index contributed by atoms with van der Waals surface area (Å²) >= 11 is 0. The molecular formula is C17H15N7O4. The Morgan fingerprint density at radius 1 is 0.857 bits per heavy atom. The molecule has 2 N–H and O–H groups in total. The third kappa shape index (κ3) is 4.52. The third-order valence-electron chi connectivity index (χ3n) is 3.69. The summed E-state index contributed by atoms with van der Waals surface area (Å²) in [7, 11) is 0. The van der Waals surface area contributed by atoms with Crippen LogP contribution in [-0.4, -0.2) is 37.9 Å². The number of nitrogens with one attached hydrogen (secondary N) is 2. The highest BCUT2D eigenvalue weighted by atomic mass is 16.6. The summed E-state index contributed by atoms with van der Waals surface area (Å²) in [6.07, 6.45) is 2.34. The van der Waals surface area contributed by atoms with Crippen LogP contribution in [0.3, 0.4) is 0 Å². The fraction of sp³-hybridized carbons (Fsp3) is 0.118. The first-order chi connectivity index (χ1) is 13.5. The highest BCUT2D eigenvalue weighted by Crippen LogP contribution is 2.27. The highest BCUT2D eigenvalue weighted by Gasteiger charge is 2.18. The van der Waals surface area contributed by atoms with Gasteiger partial charge in [0.2, 0.25) is 5.95 Å². The Morgan fingerprint density at radius 3 is 2.25 bits per heavy atom. The molecule has 0 saturated heterocycles. The van der Waals surface area contributed by atoms with Gasteiger partial charge in [-0.05, 0) is 6.07 Å². The van der Waals surface area contributed by atoms with Crippen molar-refractivity contribution in [1.82, 2.24) is 15.0 Å². The molecule has 142 valence electrons. The first-order valence-electron chi connectivity index (χ1n) is 8.19. The standard InChI is InChI=1S/C17H15N7O4/c25-23(26)13-6-7-15(20-10-13)18-8-9-19-17-21-11-14(24(27)28)16(22-17)12-4-2-1-3-5-12/h1-7,10-11H,8-9H2,(H,18,20)(H,19,21,22). The zero-order valence-corrected chi connectivity index (χ0v) is 14.5. The van der Waals surface area contributed by atoms with Gasteiger partial charge in [-0.2, -0.15) is 0 Å². The van der Waals surface area contributed by atoms with E-state index in [1.165, 1.54) is 24.5 Å². The average Bonchev–Trinajstić information content (AvgIpc) is 2.72. The molecule has 0 aliphatic carbocycles. The van der Waals surface area contributed by atoms with Crippen molar-refractivity contribution >= 4 is 23.1 Å². The maximum atomic E-state index is 11.2. The van der Waals surface area contributed by atoms with E-state index in [2.05, 4.69) is 25.6 Å².